The van der Waals surface area contributed by atoms with Crippen LogP contribution in [-0.4, -0.2) is 97.7 Å². The normalized spacial score (nSPS) is 24.1. The minimum Gasteiger partial charge on any atom is -0.389 e. The van der Waals surface area contributed by atoms with Gasteiger partial charge >= 0.3 is 6.03 Å². The van der Waals surface area contributed by atoms with Crippen molar-refractivity contribution >= 4 is 6.03 Å². The van der Waals surface area contributed by atoms with Crippen LogP contribution in [0.5, 0.6) is 0 Å². The zero-order valence-corrected chi connectivity index (χ0v) is 18.1. The smallest absolute Gasteiger partial charge is 0.317 e. The Hall–Kier alpha value is -2.47. The SMILES string of the molecule is Cn1ccnc1CN(Cc1nccn1C)C1COC(CNC(=O)N2CCOCC2)C1O. The number of rotatable bonds is 7. The van der Waals surface area contributed by atoms with Crippen LogP contribution in [0.4, 0.5) is 4.79 Å². The lowest BCUT2D eigenvalue weighted by Gasteiger charge is -2.30. The first-order valence-electron chi connectivity index (χ1n) is 10.6. The number of nitrogens with zero attached hydrogens (tertiary/aromatic N) is 6. The summed E-state index contributed by atoms with van der Waals surface area (Å²) < 4.78 is 15.1. The summed E-state index contributed by atoms with van der Waals surface area (Å²) in [7, 11) is 3.90. The number of hydrogen-bond acceptors (Lipinski definition) is 7. The van der Waals surface area contributed by atoms with Crippen LogP contribution >= 0.6 is 0 Å². The predicted molar refractivity (Wildman–Crippen MR) is 111 cm³/mol. The highest BCUT2D eigenvalue weighted by Crippen LogP contribution is 2.23. The largest absolute Gasteiger partial charge is 0.389 e. The lowest BCUT2D eigenvalue weighted by Crippen LogP contribution is -2.50. The first kappa shape index (κ1) is 21.8. The van der Waals surface area contributed by atoms with E-state index in [0.29, 0.717) is 46.0 Å². The van der Waals surface area contributed by atoms with Crippen LogP contribution in [-0.2, 0) is 36.7 Å². The average Bonchev–Trinajstić information content (AvgIpc) is 3.48. The van der Waals surface area contributed by atoms with Crippen molar-refractivity contribution in [3.63, 3.8) is 0 Å². The van der Waals surface area contributed by atoms with Crippen LogP contribution < -0.4 is 5.32 Å². The number of aliphatic hydroxyl groups excluding tert-OH is 1. The molecular weight excluding hydrogens is 402 g/mol. The van der Waals surface area contributed by atoms with E-state index in [0.717, 1.165) is 11.6 Å². The zero-order valence-electron chi connectivity index (χ0n) is 18.1. The summed E-state index contributed by atoms with van der Waals surface area (Å²) in [6.45, 7) is 3.97. The number of amides is 2. The minimum atomic E-state index is -0.745. The summed E-state index contributed by atoms with van der Waals surface area (Å²) in [4.78, 5) is 25.1. The molecule has 31 heavy (non-hydrogen) atoms. The molecule has 0 bridgehead atoms. The molecular formula is C20H31N7O4. The van der Waals surface area contributed by atoms with Gasteiger partial charge in [-0.15, -0.1) is 0 Å². The Morgan fingerprint density at radius 1 is 1.16 bits per heavy atom. The molecule has 2 saturated heterocycles. The number of aromatic nitrogens is 4. The van der Waals surface area contributed by atoms with Crippen molar-refractivity contribution in [1.82, 2.24) is 34.2 Å². The van der Waals surface area contributed by atoms with E-state index in [2.05, 4.69) is 20.2 Å². The fourth-order valence-corrected chi connectivity index (χ4v) is 3.99. The van der Waals surface area contributed by atoms with Crippen molar-refractivity contribution in [2.75, 3.05) is 39.5 Å². The summed E-state index contributed by atoms with van der Waals surface area (Å²) in [5.41, 5.74) is 0. The molecule has 170 valence electrons. The van der Waals surface area contributed by atoms with Crippen LogP contribution in [0.2, 0.25) is 0 Å². The van der Waals surface area contributed by atoms with Gasteiger partial charge in [-0.2, -0.15) is 0 Å². The van der Waals surface area contributed by atoms with E-state index in [1.54, 1.807) is 17.3 Å². The number of urea groups is 1. The third-order valence-corrected chi connectivity index (χ3v) is 6.01. The van der Waals surface area contributed by atoms with E-state index in [9.17, 15) is 9.90 Å². The van der Waals surface area contributed by atoms with E-state index in [1.807, 2.05) is 35.6 Å². The van der Waals surface area contributed by atoms with E-state index < -0.39 is 12.2 Å². The summed E-state index contributed by atoms with van der Waals surface area (Å²) in [6, 6.07) is -0.390. The quantitative estimate of drug-likeness (QED) is 0.596. The fraction of sp³-hybridized carbons (Fsp3) is 0.650. The van der Waals surface area contributed by atoms with Gasteiger partial charge < -0.3 is 33.9 Å². The van der Waals surface area contributed by atoms with E-state index in [4.69, 9.17) is 9.47 Å². The van der Waals surface area contributed by atoms with Crippen molar-refractivity contribution in [1.29, 1.82) is 0 Å². The molecule has 0 spiro atoms. The predicted octanol–water partition coefficient (Wildman–Crippen LogP) is -0.674. The number of morpholine rings is 1. The Morgan fingerprint density at radius 2 is 1.77 bits per heavy atom. The third-order valence-electron chi connectivity index (χ3n) is 6.01. The van der Waals surface area contributed by atoms with Crippen molar-refractivity contribution in [2.45, 2.75) is 31.3 Å². The van der Waals surface area contributed by atoms with Gasteiger partial charge in [0.15, 0.2) is 0 Å². The Labute approximate surface area is 181 Å². The maximum absolute atomic E-state index is 12.4. The van der Waals surface area contributed by atoms with Crippen LogP contribution in [0.1, 0.15) is 11.6 Å². The van der Waals surface area contributed by atoms with E-state index >= 15 is 0 Å². The highest BCUT2D eigenvalue weighted by Gasteiger charge is 2.40. The lowest BCUT2D eigenvalue weighted by atomic mass is 10.1. The van der Waals surface area contributed by atoms with Gasteiger partial charge in [0.1, 0.15) is 17.8 Å². The first-order valence-corrected chi connectivity index (χ1v) is 10.6. The standard InChI is InChI=1S/C20H31N7O4/c1-24-5-3-21-17(24)12-27(13-18-22-4-6-25(18)2)15-14-31-16(19(15)28)11-23-20(29)26-7-9-30-10-8-26/h3-6,15-16,19,28H,7-14H2,1-2H3,(H,23,29). The number of carbonyl (C=O) groups excluding carboxylic acids is 1. The monoisotopic (exact) mass is 433 g/mol. The number of imidazole rings is 2. The minimum absolute atomic E-state index is 0.152. The van der Waals surface area contributed by atoms with Gasteiger partial charge in [-0.05, 0) is 0 Å². The lowest BCUT2D eigenvalue weighted by molar-refractivity contribution is 0.0272. The highest BCUT2D eigenvalue weighted by atomic mass is 16.5. The number of ether oxygens (including phenoxy) is 2. The van der Waals surface area contributed by atoms with E-state index in [-0.39, 0.29) is 18.6 Å². The molecule has 3 unspecified atom stereocenters. The second kappa shape index (κ2) is 9.77. The van der Waals surface area contributed by atoms with Crippen LogP contribution in [0, 0.1) is 0 Å². The second-order valence-corrected chi connectivity index (χ2v) is 8.03. The number of carbonyl (C=O) groups is 1. The van der Waals surface area contributed by atoms with Gasteiger partial charge in [0, 0.05) is 58.5 Å². The first-order chi connectivity index (χ1) is 15.0. The topological polar surface area (TPSA) is 110 Å². The molecule has 4 heterocycles. The van der Waals surface area contributed by atoms with Gasteiger partial charge in [0.25, 0.3) is 0 Å². The zero-order chi connectivity index (χ0) is 21.8. The number of nitrogens with one attached hydrogen (secondary N) is 1. The molecule has 11 heteroatoms. The summed E-state index contributed by atoms with van der Waals surface area (Å²) in [5.74, 6) is 1.79. The summed E-state index contributed by atoms with van der Waals surface area (Å²) in [6.07, 6.45) is 6.12. The Morgan fingerprint density at radius 3 is 2.32 bits per heavy atom. The molecule has 0 radical (unpaired) electrons. The summed E-state index contributed by atoms with van der Waals surface area (Å²) >= 11 is 0. The van der Waals surface area contributed by atoms with Crippen molar-refractivity contribution in [3.05, 3.63) is 36.4 Å². The fourth-order valence-electron chi connectivity index (χ4n) is 3.99. The van der Waals surface area contributed by atoms with Crippen molar-refractivity contribution < 1.29 is 19.4 Å². The molecule has 3 atom stereocenters. The molecule has 2 fully saturated rings. The molecule has 0 saturated carbocycles. The van der Waals surface area contributed by atoms with Gasteiger partial charge in [-0.25, -0.2) is 14.8 Å². The maximum atomic E-state index is 12.4. The molecule has 2 aliphatic heterocycles. The van der Waals surface area contributed by atoms with Gasteiger partial charge in [0.2, 0.25) is 0 Å². The van der Waals surface area contributed by atoms with Crippen molar-refractivity contribution in [3.8, 4) is 0 Å². The van der Waals surface area contributed by atoms with Crippen molar-refractivity contribution in [2.24, 2.45) is 14.1 Å². The van der Waals surface area contributed by atoms with E-state index in [1.165, 1.54) is 0 Å². The number of aliphatic hydroxyl groups is 1. The van der Waals surface area contributed by atoms with Gasteiger partial charge in [-0.1, -0.05) is 0 Å². The molecule has 2 aromatic rings. The maximum Gasteiger partial charge on any atom is 0.317 e. The molecule has 11 nitrogen and oxygen atoms in total. The highest BCUT2D eigenvalue weighted by molar-refractivity contribution is 5.74. The molecule has 2 aromatic heterocycles. The Balaban J connectivity index is 1.40. The molecule has 2 amide bonds. The van der Waals surface area contributed by atoms with Gasteiger partial charge in [0.05, 0.1) is 45.1 Å². The Kier molecular flexibility index (Phi) is 6.86. The molecule has 2 N–H and O–H groups in total. The molecule has 2 aliphatic rings. The van der Waals surface area contributed by atoms with Gasteiger partial charge in [-0.3, -0.25) is 4.90 Å². The number of hydrogen-bond donors (Lipinski definition) is 2. The van der Waals surface area contributed by atoms with Crippen LogP contribution in [0.3, 0.4) is 0 Å². The molecule has 0 aliphatic carbocycles. The molecule has 4 rings (SSSR count). The molecule has 0 aromatic carbocycles. The van der Waals surface area contributed by atoms with Crippen LogP contribution in [0.15, 0.2) is 24.8 Å². The summed E-state index contributed by atoms with van der Waals surface area (Å²) in [5, 5.41) is 13.9. The number of aryl methyl sites for hydroxylation is 2. The van der Waals surface area contributed by atoms with Crippen LogP contribution in [0.25, 0.3) is 0 Å². The third kappa shape index (κ3) is 5.06. The second-order valence-electron chi connectivity index (χ2n) is 8.03. The average molecular weight is 434 g/mol. The Bertz CT molecular complexity index is 821.